The number of hydrogen-bond donors (Lipinski definition) is 1. The lowest BCUT2D eigenvalue weighted by Crippen LogP contribution is -2.39. The maximum absolute atomic E-state index is 5.98. The molecule has 0 heterocycles. The van der Waals surface area contributed by atoms with Crippen LogP contribution in [0, 0.1) is 13.8 Å². The van der Waals surface area contributed by atoms with Crippen LogP contribution in [0.1, 0.15) is 42.4 Å². The Balaban J connectivity index is 1.84. The van der Waals surface area contributed by atoms with Gasteiger partial charge in [-0.1, -0.05) is 23.8 Å². The molecule has 0 amide bonds. The molecule has 2 rings (SSSR count). The van der Waals surface area contributed by atoms with Gasteiger partial charge in [-0.05, 0) is 64.1 Å². The molecule has 0 radical (unpaired) electrons. The van der Waals surface area contributed by atoms with E-state index >= 15 is 0 Å². The molecule has 1 aromatic rings. The zero-order valence-corrected chi connectivity index (χ0v) is 12.7. The summed E-state index contributed by atoms with van der Waals surface area (Å²) in [5.74, 6) is 0. The van der Waals surface area contributed by atoms with E-state index in [1.165, 1.54) is 42.4 Å². The first-order valence-electron chi connectivity index (χ1n) is 7.58. The van der Waals surface area contributed by atoms with Gasteiger partial charge in [0.05, 0.1) is 0 Å². The Hall–Kier alpha value is -0.860. The molecule has 0 bridgehead atoms. The molecule has 0 atom stereocenters. The molecular weight excluding hydrogens is 232 g/mol. The third-order valence-electron chi connectivity index (χ3n) is 4.60. The Kier molecular flexibility index (Phi) is 5.00. The zero-order chi connectivity index (χ0) is 13.8. The molecule has 2 heteroatoms. The largest absolute Gasteiger partial charge is 0.328 e. The number of hydrogen-bond acceptors (Lipinski definition) is 2. The van der Waals surface area contributed by atoms with Gasteiger partial charge in [0.15, 0.2) is 0 Å². The third kappa shape index (κ3) is 4.05. The summed E-state index contributed by atoms with van der Waals surface area (Å²) in [6.45, 7) is 5.54. The highest BCUT2D eigenvalue weighted by Gasteiger charge is 2.21. The van der Waals surface area contributed by atoms with E-state index in [0.29, 0.717) is 6.04 Å². The molecule has 2 N–H and O–H groups in total. The van der Waals surface area contributed by atoms with Crippen molar-refractivity contribution in [2.75, 3.05) is 13.6 Å². The Morgan fingerprint density at radius 1 is 1.16 bits per heavy atom. The van der Waals surface area contributed by atoms with Crippen LogP contribution in [0.2, 0.25) is 0 Å². The first kappa shape index (κ1) is 14.5. The van der Waals surface area contributed by atoms with Crippen LogP contribution in [0.15, 0.2) is 18.2 Å². The minimum atomic E-state index is 0.448. The molecule has 0 saturated heterocycles. The highest BCUT2D eigenvalue weighted by atomic mass is 15.1. The number of likely N-dealkylation sites (N-methyl/N-ethyl adjacent to an activating group) is 1. The number of nitrogens with two attached hydrogens (primary N) is 1. The van der Waals surface area contributed by atoms with Crippen LogP contribution >= 0.6 is 0 Å². The van der Waals surface area contributed by atoms with Crippen molar-refractivity contribution in [2.24, 2.45) is 5.73 Å². The van der Waals surface area contributed by atoms with Crippen LogP contribution in [-0.4, -0.2) is 30.6 Å². The summed E-state index contributed by atoms with van der Waals surface area (Å²) in [6, 6.07) is 7.99. The monoisotopic (exact) mass is 260 g/mol. The summed E-state index contributed by atoms with van der Waals surface area (Å²) in [7, 11) is 2.27. The van der Waals surface area contributed by atoms with Gasteiger partial charge in [-0.3, -0.25) is 0 Å². The molecule has 1 aliphatic rings. The van der Waals surface area contributed by atoms with Crippen molar-refractivity contribution in [1.29, 1.82) is 0 Å². The van der Waals surface area contributed by atoms with E-state index in [4.69, 9.17) is 5.73 Å². The van der Waals surface area contributed by atoms with E-state index in [1.54, 1.807) is 0 Å². The van der Waals surface area contributed by atoms with Crippen LogP contribution < -0.4 is 5.73 Å². The van der Waals surface area contributed by atoms with E-state index in [9.17, 15) is 0 Å². The van der Waals surface area contributed by atoms with Crippen LogP contribution in [0.25, 0.3) is 0 Å². The lowest BCUT2D eigenvalue weighted by atomic mass is 9.91. The molecular formula is C17H28N2. The smallest absolute Gasteiger partial charge is 0.00934 e. The maximum atomic E-state index is 5.98. The first-order chi connectivity index (χ1) is 9.06. The summed E-state index contributed by atoms with van der Waals surface area (Å²) < 4.78 is 0. The summed E-state index contributed by atoms with van der Waals surface area (Å²) in [6.07, 6.45) is 6.08. The summed E-state index contributed by atoms with van der Waals surface area (Å²) in [5.41, 5.74) is 10.3. The SMILES string of the molecule is Cc1ccc(CCN(C)C2CCC(N)CC2)c(C)c1. The maximum Gasteiger partial charge on any atom is 0.00934 e. The summed E-state index contributed by atoms with van der Waals surface area (Å²) in [4.78, 5) is 2.53. The lowest BCUT2D eigenvalue weighted by Gasteiger charge is -2.33. The predicted octanol–water partition coefficient (Wildman–Crippen LogP) is 3.05. The molecule has 0 aliphatic heterocycles. The number of aryl methyl sites for hydroxylation is 2. The highest BCUT2D eigenvalue weighted by molar-refractivity contribution is 5.30. The van der Waals surface area contributed by atoms with Crippen LogP contribution in [-0.2, 0) is 6.42 Å². The fourth-order valence-corrected chi connectivity index (χ4v) is 3.15. The van der Waals surface area contributed by atoms with Gasteiger partial charge in [-0.25, -0.2) is 0 Å². The highest BCUT2D eigenvalue weighted by Crippen LogP contribution is 2.21. The standard InChI is InChI=1S/C17H28N2/c1-13-4-5-15(14(2)12-13)10-11-19(3)17-8-6-16(18)7-9-17/h4-5,12,16-17H,6-11,18H2,1-3H3. The average molecular weight is 260 g/mol. The van der Waals surface area contributed by atoms with Gasteiger partial charge in [-0.2, -0.15) is 0 Å². The fourth-order valence-electron chi connectivity index (χ4n) is 3.15. The van der Waals surface area contributed by atoms with Crippen molar-refractivity contribution in [3.63, 3.8) is 0 Å². The predicted molar refractivity (Wildman–Crippen MR) is 82.5 cm³/mol. The van der Waals surface area contributed by atoms with Gasteiger partial charge in [0.1, 0.15) is 0 Å². The van der Waals surface area contributed by atoms with Crippen molar-refractivity contribution in [2.45, 2.75) is 58.0 Å². The molecule has 19 heavy (non-hydrogen) atoms. The molecule has 0 aromatic heterocycles. The molecule has 1 fully saturated rings. The van der Waals surface area contributed by atoms with Crippen molar-refractivity contribution in [3.05, 3.63) is 34.9 Å². The van der Waals surface area contributed by atoms with Crippen molar-refractivity contribution in [3.8, 4) is 0 Å². The topological polar surface area (TPSA) is 29.3 Å². The van der Waals surface area contributed by atoms with Crippen LogP contribution in [0.4, 0.5) is 0 Å². The molecule has 1 saturated carbocycles. The minimum absolute atomic E-state index is 0.448. The Morgan fingerprint density at radius 3 is 2.47 bits per heavy atom. The van der Waals surface area contributed by atoms with Gasteiger partial charge in [0, 0.05) is 18.6 Å². The average Bonchev–Trinajstić information content (AvgIpc) is 2.38. The first-order valence-corrected chi connectivity index (χ1v) is 7.58. The van der Waals surface area contributed by atoms with Gasteiger partial charge in [0.25, 0.3) is 0 Å². The molecule has 0 unspecified atom stereocenters. The fraction of sp³-hybridized carbons (Fsp3) is 0.647. The molecule has 2 nitrogen and oxygen atoms in total. The van der Waals surface area contributed by atoms with Gasteiger partial charge < -0.3 is 10.6 Å². The van der Waals surface area contributed by atoms with Crippen LogP contribution in [0.5, 0.6) is 0 Å². The van der Waals surface area contributed by atoms with Crippen molar-refractivity contribution < 1.29 is 0 Å². The Labute approximate surface area is 118 Å². The number of benzene rings is 1. The van der Waals surface area contributed by atoms with Gasteiger partial charge >= 0.3 is 0 Å². The summed E-state index contributed by atoms with van der Waals surface area (Å²) >= 11 is 0. The molecule has 1 aliphatic carbocycles. The van der Waals surface area contributed by atoms with E-state index in [1.807, 2.05) is 0 Å². The minimum Gasteiger partial charge on any atom is -0.328 e. The summed E-state index contributed by atoms with van der Waals surface area (Å²) in [5, 5.41) is 0. The third-order valence-corrected chi connectivity index (χ3v) is 4.60. The normalized spacial score (nSPS) is 23.8. The van der Waals surface area contributed by atoms with E-state index in [-0.39, 0.29) is 0 Å². The molecule has 0 spiro atoms. The quantitative estimate of drug-likeness (QED) is 0.901. The van der Waals surface area contributed by atoms with Crippen molar-refractivity contribution in [1.82, 2.24) is 4.90 Å². The Bertz CT molecular complexity index is 406. The molecule has 1 aromatic carbocycles. The van der Waals surface area contributed by atoms with E-state index in [2.05, 4.69) is 44.0 Å². The number of rotatable bonds is 4. The van der Waals surface area contributed by atoms with E-state index in [0.717, 1.165) is 19.0 Å². The van der Waals surface area contributed by atoms with E-state index < -0.39 is 0 Å². The lowest BCUT2D eigenvalue weighted by molar-refractivity contribution is 0.185. The number of nitrogens with zero attached hydrogens (tertiary/aromatic N) is 1. The zero-order valence-electron chi connectivity index (χ0n) is 12.7. The molecule has 106 valence electrons. The van der Waals surface area contributed by atoms with Crippen LogP contribution in [0.3, 0.4) is 0 Å². The Morgan fingerprint density at radius 2 is 1.84 bits per heavy atom. The van der Waals surface area contributed by atoms with Gasteiger partial charge in [0.2, 0.25) is 0 Å². The van der Waals surface area contributed by atoms with Gasteiger partial charge in [-0.15, -0.1) is 0 Å². The second kappa shape index (κ2) is 6.53. The second-order valence-corrected chi connectivity index (χ2v) is 6.23. The van der Waals surface area contributed by atoms with Crippen molar-refractivity contribution >= 4 is 0 Å². The second-order valence-electron chi connectivity index (χ2n) is 6.23.